The normalized spacial score (nSPS) is 12.5. The summed E-state index contributed by atoms with van der Waals surface area (Å²) in [6, 6.07) is 16.4. The van der Waals surface area contributed by atoms with Gasteiger partial charge in [-0.15, -0.1) is 0 Å². The number of hydrogen-bond donors (Lipinski definition) is 1. The maximum atomic E-state index is 12.7. The first-order valence-corrected chi connectivity index (χ1v) is 12.4. The Labute approximate surface area is 198 Å². The molecule has 33 heavy (non-hydrogen) atoms. The van der Waals surface area contributed by atoms with Gasteiger partial charge in [0.05, 0.1) is 23.7 Å². The smallest absolute Gasteiger partial charge is 0.223 e. The van der Waals surface area contributed by atoms with Crippen molar-refractivity contribution >= 4 is 16.9 Å². The molecule has 5 heteroatoms. The first kappa shape index (κ1) is 24.8. The van der Waals surface area contributed by atoms with E-state index in [1.165, 1.54) is 5.56 Å². The van der Waals surface area contributed by atoms with E-state index in [9.17, 15) is 4.79 Å². The van der Waals surface area contributed by atoms with Crippen LogP contribution in [0.3, 0.4) is 0 Å². The first-order valence-electron chi connectivity index (χ1n) is 12.4. The highest BCUT2D eigenvalue weighted by atomic mass is 16.5. The fraction of sp³-hybridized carbons (Fsp3) is 0.500. The highest BCUT2D eigenvalue weighted by Crippen LogP contribution is 2.26. The molecule has 1 aromatic heterocycles. The molecule has 0 aliphatic carbocycles. The Kier molecular flexibility index (Phi) is 8.93. The maximum absolute atomic E-state index is 12.7. The van der Waals surface area contributed by atoms with Crippen LogP contribution in [-0.4, -0.2) is 22.1 Å². The number of aromatic nitrogens is 2. The molecule has 2 aromatic carbocycles. The van der Waals surface area contributed by atoms with Crippen LogP contribution >= 0.6 is 0 Å². The molecule has 0 saturated carbocycles. The molecule has 0 saturated heterocycles. The van der Waals surface area contributed by atoms with Crippen molar-refractivity contribution in [1.29, 1.82) is 0 Å². The van der Waals surface area contributed by atoms with Crippen LogP contribution in [0.5, 0.6) is 5.75 Å². The minimum absolute atomic E-state index is 0.0520. The standard InChI is InChI=1S/C28H39N3O2/c1-6-22(7-2)28(32)29-21(5)27-30-24-15-9-10-16-25(24)31(27)18-12-13-19-33-26-17-11-8-14-23(26)20(3)4/h8-11,14-17,20-22H,6-7,12-13,18-19H2,1-5H3,(H,29,32). The zero-order chi connectivity index (χ0) is 23.8. The predicted molar refractivity (Wildman–Crippen MR) is 136 cm³/mol. The van der Waals surface area contributed by atoms with Gasteiger partial charge in [0, 0.05) is 12.5 Å². The molecular weight excluding hydrogens is 410 g/mol. The largest absolute Gasteiger partial charge is 0.493 e. The molecule has 5 nitrogen and oxygen atoms in total. The Morgan fingerprint density at radius 1 is 1.00 bits per heavy atom. The minimum Gasteiger partial charge on any atom is -0.493 e. The number of para-hydroxylation sites is 3. The molecule has 0 fully saturated rings. The molecule has 0 aliphatic heterocycles. The summed E-state index contributed by atoms with van der Waals surface area (Å²) in [5, 5.41) is 3.19. The Morgan fingerprint density at radius 2 is 1.70 bits per heavy atom. The number of fused-ring (bicyclic) bond motifs is 1. The number of hydrogen-bond acceptors (Lipinski definition) is 3. The van der Waals surface area contributed by atoms with Crippen molar-refractivity contribution in [2.75, 3.05) is 6.61 Å². The third-order valence-electron chi connectivity index (χ3n) is 6.36. The van der Waals surface area contributed by atoms with Gasteiger partial charge in [-0.2, -0.15) is 0 Å². The van der Waals surface area contributed by atoms with Crippen molar-refractivity contribution in [1.82, 2.24) is 14.9 Å². The second-order valence-corrected chi connectivity index (χ2v) is 9.10. The number of imidazole rings is 1. The lowest BCUT2D eigenvalue weighted by molar-refractivity contribution is -0.125. The third-order valence-corrected chi connectivity index (χ3v) is 6.36. The lowest BCUT2D eigenvalue weighted by Crippen LogP contribution is -2.33. The Morgan fingerprint density at radius 3 is 2.42 bits per heavy atom. The van der Waals surface area contributed by atoms with Crippen molar-refractivity contribution in [3.05, 3.63) is 59.9 Å². The summed E-state index contributed by atoms with van der Waals surface area (Å²) in [6.07, 6.45) is 3.63. The van der Waals surface area contributed by atoms with Gasteiger partial charge in [0.15, 0.2) is 0 Å². The summed E-state index contributed by atoms with van der Waals surface area (Å²) in [5.41, 5.74) is 3.34. The number of amides is 1. The van der Waals surface area contributed by atoms with Gasteiger partial charge in [0.1, 0.15) is 11.6 Å². The van der Waals surface area contributed by atoms with Crippen molar-refractivity contribution in [3.63, 3.8) is 0 Å². The molecule has 1 N–H and O–H groups in total. The second-order valence-electron chi connectivity index (χ2n) is 9.10. The predicted octanol–water partition coefficient (Wildman–Crippen LogP) is 6.63. The van der Waals surface area contributed by atoms with E-state index in [1.54, 1.807) is 0 Å². The van der Waals surface area contributed by atoms with Gasteiger partial charge in [-0.05, 0) is 62.3 Å². The molecule has 1 atom stereocenters. The highest BCUT2D eigenvalue weighted by Gasteiger charge is 2.21. The molecule has 3 aromatic rings. The lowest BCUT2D eigenvalue weighted by Gasteiger charge is -2.19. The minimum atomic E-state index is -0.139. The van der Waals surface area contributed by atoms with Crippen LogP contribution < -0.4 is 10.1 Å². The summed E-state index contributed by atoms with van der Waals surface area (Å²) in [4.78, 5) is 17.5. The number of nitrogens with one attached hydrogen (secondary N) is 1. The van der Waals surface area contributed by atoms with Crippen LogP contribution in [0, 0.1) is 5.92 Å². The van der Waals surface area contributed by atoms with E-state index >= 15 is 0 Å². The average Bonchev–Trinajstić information content (AvgIpc) is 3.18. The van der Waals surface area contributed by atoms with E-state index in [2.05, 4.69) is 61.8 Å². The van der Waals surface area contributed by atoms with Crippen LogP contribution in [-0.2, 0) is 11.3 Å². The summed E-state index contributed by atoms with van der Waals surface area (Å²) in [6.45, 7) is 12.1. The molecule has 1 heterocycles. The molecule has 3 rings (SSSR count). The van der Waals surface area contributed by atoms with Gasteiger partial charge in [0.25, 0.3) is 0 Å². The molecule has 0 spiro atoms. The van der Waals surface area contributed by atoms with E-state index in [0.717, 1.165) is 54.8 Å². The number of nitrogens with zero attached hydrogens (tertiary/aromatic N) is 2. The van der Waals surface area contributed by atoms with Crippen LogP contribution in [0.4, 0.5) is 0 Å². The lowest BCUT2D eigenvalue weighted by atomic mass is 10.0. The van der Waals surface area contributed by atoms with E-state index < -0.39 is 0 Å². The Hall–Kier alpha value is -2.82. The summed E-state index contributed by atoms with van der Waals surface area (Å²) < 4.78 is 8.36. The van der Waals surface area contributed by atoms with Gasteiger partial charge >= 0.3 is 0 Å². The van der Waals surface area contributed by atoms with Crippen LogP contribution in [0.15, 0.2) is 48.5 Å². The fourth-order valence-corrected chi connectivity index (χ4v) is 4.36. The fourth-order valence-electron chi connectivity index (χ4n) is 4.36. The monoisotopic (exact) mass is 449 g/mol. The van der Waals surface area contributed by atoms with Crippen molar-refractivity contribution < 1.29 is 9.53 Å². The van der Waals surface area contributed by atoms with Gasteiger partial charge in [-0.3, -0.25) is 4.79 Å². The Bertz CT molecular complexity index is 1040. The summed E-state index contributed by atoms with van der Waals surface area (Å²) in [7, 11) is 0. The second kappa shape index (κ2) is 11.9. The number of carbonyl (C=O) groups excluding carboxylic acids is 1. The number of ether oxygens (including phenoxy) is 1. The molecule has 0 aliphatic rings. The number of rotatable bonds is 12. The summed E-state index contributed by atoms with van der Waals surface area (Å²) >= 11 is 0. The number of aryl methyl sites for hydroxylation is 1. The highest BCUT2D eigenvalue weighted by molar-refractivity contribution is 5.79. The molecule has 178 valence electrons. The number of carbonyl (C=O) groups is 1. The average molecular weight is 450 g/mol. The van der Waals surface area contributed by atoms with Crippen molar-refractivity contribution in [2.45, 2.75) is 78.8 Å². The summed E-state index contributed by atoms with van der Waals surface area (Å²) in [5.74, 6) is 2.51. The van der Waals surface area contributed by atoms with E-state index in [4.69, 9.17) is 9.72 Å². The third kappa shape index (κ3) is 6.16. The number of unbranched alkanes of at least 4 members (excludes halogenated alkanes) is 1. The molecule has 1 amide bonds. The molecule has 1 unspecified atom stereocenters. The topological polar surface area (TPSA) is 56.2 Å². The van der Waals surface area contributed by atoms with Crippen LogP contribution in [0.2, 0.25) is 0 Å². The van der Waals surface area contributed by atoms with Gasteiger partial charge < -0.3 is 14.6 Å². The number of benzene rings is 2. The zero-order valence-corrected chi connectivity index (χ0v) is 20.8. The van der Waals surface area contributed by atoms with Crippen LogP contribution in [0.1, 0.15) is 83.6 Å². The van der Waals surface area contributed by atoms with E-state index in [0.29, 0.717) is 12.5 Å². The van der Waals surface area contributed by atoms with Gasteiger partial charge in [0.2, 0.25) is 5.91 Å². The molecule has 0 radical (unpaired) electrons. The SMILES string of the molecule is CCC(CC)C(=O)NC(C)c1nc2ccccc2n1CCCCOc1ccccc1C(C)C. The maximum Gasteiger partial charge on any atom is 0.223 e. The molecule has 0 bridgehead atoms. The van der Waals surface area contributed by atoms with Gasteiger partial charge in [-0.1, -0.05) is 58.0 Å². The zero-order valence-electron chi connectivity index (χ0n) is 20.8. The quantitative estimate of drug-likeness (QED) is 0.316. The molecular formula is C28H39N3O2. The van der Waals surface area contributed by atoms with Crippen molar-refractivity contribution in [3.8, 4) is 5.75 Å². The Balaban J connectivity index is 1.66. The van der Waals surface area contributed by atoms with E-state index in [1.807, 2.05) is 31.2 Å². The van der Waals surface area contributed by atoms with Crippen LogP contribution in [0.25, 0.3) is 11.0 Å². The first-order chi connectivity index (χ1) is 16.0. The van der Waals surface area contributed by atoms with Gasteiger partial charge in [-0.25, -0.2) is 4.98 Å². The van der Waals surface area contributed by atoms with Crippen molar-refractivity contribution in [2.24, 2.45) is 5.92 Å². The van der Waals surface area contributed by atoms with E-state index in [-0.39, 0.29) is 17.9 Å².